The monoisotopic (exact) mass is 364 g/mol. The van der Waals surface area contributed by atoms with Gasteiger partial charge in [-0.3, -0.25) is 14.2 Å². The van der Waals surface area contributed by atoms with Gasteiger partial charge in [0.25, 0.3) is 5.91 Å². The minimum absolute atomic E-state index is 0.0580. The van der Waals surface area contributed by atoms with Gasteiger partial charge >= 0.3 is 0 Å². The Balaban J connectivity index is 1.79. The molecule has 8 nitrogen and oxygen atoms in total. The maximum absolute atomic E-state index is 12.9. The van der Waals surface area contributed by atoms with Gasteiger partial charge in [-0.25, -0.2) is 4.98 Å². The number of morpholine rings is 1. The summed E-state index contributed by atoms with van der Waals surface area (Å²) in [5.74, 6) is -0.0580. The molecule has 1 saturated heterocycles. The van der Waals surface area contributed by atoms with E-state index in [9.17, 15) is 4.79 Å². The quantitative estimate of drug-likeness (QED) is 0.690. The Hall–Kier alpha value is -3.26. The van der Waals surface area contributed by atoms with Gasteiger partial charge in [0.05, 0.1) is 31.3 Å². The van der Waals surface area contributed by atoms with Gasteiger partial charge in [-0.1, -0.05) is 0 Å². The number of amides is 1. The van der Waals surface area contributed by atoms with Crippen LogP contribution in [0.5, 0.6) is 0 Å². The van der Waals surface area contributed by atoms with E-state index in [1.165, 1.54) is 6.21 Å². The molecule has 138 valence electrons. The van der Waals surface area contributed by atoms with E-state index < -0.39 is 0 Å². The molecule has 3 aromatic heterocycles. The molecule has 0 spiro atoms. The Bertz CT molecular complexity index is 1010. The number of rotatable bonds is 4. The first-order valence-electron chi connectivity index (χ1n) is 8.73. The fourth-order valence-electron chi connectivity index (χ4n) is 3.28. The van der Waals surface area contributed by atoms with Crippen LogP contribution in [0.1, 0.15) is 16.1 Å². The number of fused-ring (bicyclic) bond motifs is 1. The second-order valence-corrected chi connectivity index (χ2v) is 6.24. The molecule has 1 fully saturated rings. The predicted octanol–water partition coefficient (Wildman–Crippen LogP) is 1.91. The third-order valence-corrected chi connectivity index (χ3v) is 4.74. The summed E-state index contributed by atoms with van der Waals surface area (Å²) < 4.78 is 7.13. The first kappa shape index (κ1) is 17.2. The molecule has 0 bridgehead atoms. The third kappa shape index (κ3) is 3.04. The second-order valence-electron chi connectivity index (χ2n) is 6.24. The molecule has 0 aliphatic carbocycles. The van der Waals surface area contributed by atoms with Crippen molar-refractivity contribution < 1.29 is 9.53 Å². The molecule has 8 heteroatoms. The fourth-order valence-corrected chi connectivity index (χ4v) is 3.28. The normalized spacial score (nSPS) is 14.3. The van der Waals surface area contributed by atoms with Gasteiger partial charge in [-0.2, -0.15) is 0 Å². The van der Waals surface area contributed by atoms with Crippen LogP contribution in [0.15, 0.2) is 36.9 Å². The molecule has 0 radical (unpaired) electrons. The van der Waals surface area contributed by atoms with Gasteiger partial charge in [0.2, 0.25) is 0 Å². The van der Waals surface area contributed by atoms with Crippen LogP contribution in [0.4, 0.5) is 5.69 Å². The summed E-state index contributed by atoms with van der Waals surface area (Å²) in [6, 6.07) is 3.79. The number of carbonyl (C=O) groups is 1. The summed E-state index contributed by atoms with van der Waals surface area (Å²) in [6.07, 6.45) is 8.20. The lowest BCUT2D eigenvalue weighted by atomic mass is 10.0. The Morgan fingerprint density at radius 1 is 1.26 bits per heavy atom. The van der Waals surface area contributed by atoms with Crippen molar-refractivity contribution in [3.05, 3.63) is 48.2 Å². The molecule has 0 atom stereocenters. The Morgan fingerprint density at radius 3 is 2.81 bits per heavy atom. The lowest BCUT2D eigenvalue weighted by Gasteiger charge is -2.26. The summed E-state index contributed by atoms with van der Waals surface area (Å²) in [6.45, 7) is 2.27. The highest BCUT2D eigenvalue weighted by atomic mass is 16.5. The van der Waals surface area contributed by atoms with Crippen molar-refractivity contribution in [3.8, 4) is 11.1 Å². The van der Waals surface area contributed by atoms with E-state index in [2.05, 4.69) is 15.3 Å². The summed E-state index contributed by atoms with van der Waals surface area (Å²) >= 11 is 0. The van der Waals surface area contributed by atoms with Gasteiger partial charge in [0.15, 0.2) is 0 Å². The highest BCUT2D eigenvalue weighted by molar-refractivity contribution is 5.96. The molecule has 1 amide bonds. The lowest BCUT2D eigenvalue weighted by Crippen LogP contribution is -2.41. The number of nitrogens with one attached hydrogen (secondary N) is 2. The molecule has 1 aliphatic heterocycles. The van der Waals surface area contributed by atoms with E-state index in [0.717, 1.165) is 22.4 Å². The van der Waals surface area contributed by atoms with E-state index >= 15 is 0 Å². The zero-order valence-electron chi connectivity index (χ0n) is 15.0. The summed E-state index contributed by atoms with van der Waals surface area (Å²) in [7, 11) is 1.80. The summed E-state index contributed by atoms with van der Waals surface area (Å²) in [5.41, 5.74) is 4.41. The van der Waals surface area contributed by atoms with Crippen LogP contribution >= 0.6 is 0 Å². The van der Waals surface area contributed by atoms with Crippen LogP contribution in [0.25, 0.3) is 16.8 Å². The molecule has 27 heavy (non-hydrogen) atoms. The van der Waals surface area contributed by atoms with Crippen LogP contribution < -0.4 is 5.32 Å². The number of ether oxygens (including phenoxy) is 1. The van der Waals surface area contributed by atoms with Crippen molar-refractivity contribution in [2.45, 2.75) is 0 Å². The van der Waals surface area contributed by atoms with Crippen molar-refractivity contribution in [1.82, 2.24) is 19.3 Å². The molecule has 1 aliphatic rings. The second kappa shape index (κ2) is 7.16. The Morgan fingerprint density at radius 2 is 2.07 bits per heavy atom. The summed E-state index contributed by atoms with van der Waals surface area (Å²) in [4.78, 5) is 23.3. The highest BCUT2D eigenvalue weighted by Crippen LogP contribution is 2.27. The van der Waals surface area contributed by atoms with Gasteiger partial charge in [0, 0.05) is 55.4 Å². The van der Waals surface area contributed by atoms with E-state index in [1.54, 1.807) is 34.9 Å². The number of carbonyl (C=O) groups excluding carboxylic acids is 1. The van der Waals surface area contributed by atoms with Gasteiger partial charge in [0.1, 0.15) is 11.3 Å². The molecule has 3 aromatic rings. The zero-order chi connectivity index (χ0) is 18.8. The van der Waals surface area contributed by atoms with Crippen LogP contribution in [0, 0.1) is 5.41 Å². The van der Waals surface area contributed by atoms with Crippen LogP contribution in [-0.4, -0.2) is 64.7 Å². The van der Waals surface area contributed by atoms with E-state index in [4.69, 9.17) is 10.1 Å². The Labute approximate surface area is 156 Å². The number of aromatic nitrogens is 3. The molecule has 0 aromatic carbocycles. The SMILES string of the molecule is CNc1cncc(-c2ccc3ncc(C(=O)N4CCOCC4)n3c2)c1C=N. The van der Waals surface area contributed by atoms with Crippen LogP contribution in [-0.2, 0) is 4.74 Å². The number of nitrogens with zero attached hydrogens (tertiary/aromatic N) is 4. The number of hydrogen-bond donors (Lipinski definition) is 2. The number of hydrogen-bond acceptors (Lipinski definition) is 6. The van der Waals surface area contributed by atoms with Crippen LogP contribution in [0.2, 0.25) is 0 Å². The predicted molar refractivity (Wildman–Crippen MR) is 103 cm³/mol. The van der Waals surface area contributed by atoms with Gasteiger partial charge in [-0.05, 0) is 12.1 Å². The lowest BCUT2D eigenvalue weighted by molar-refractivity contribution is 0.0298. The zero-order valence-corrected chi connectivity index (χ0v) is 15.0. The number of pyridine rings is 2. The highest BCUT2D eigenvalue weighted by Gasteiger charge is 2.22. The van der Waals surface area contributed by atoms with Gasteiger partial charge < -0.3 is 20.4 Å². The molecule has 2 N–H and O–H groups in total. The smallest absolute Gasteiger partial charge is 0.272 e. The number of anilines is 1. The molecule has 0 saturated carbocycles. The Kier molecular flexibility index (Phi) is 4.55. The largest absolute Gasteiger partial charge is 0.386 e. The average molecular weight is 364 g/mol. The van der Waals surface area contributed by atoms with Crippen molar-refractivity contribution >= 4 is 23.5 Å². The molecule has 4 rings (SSSR count). The molecule has 0 unspecified atom stereocenters. The molecular formula is C19H20N6O2. The maximum atomic E-state index is 12.9. The standard InChI is InChI=1S/C19H20N6O2/c1-21-16-10-22-9-15(14(16)8-20)13-2-3-18-23-11-17(25(18)12-13)19(26)24-4-6-27-7-5-24/h2-3,8-12,20-21H,4-7H2,1H3. The minimum atomic E-state index is -0.0580. The molecule has 4 heterocycles. The van der Waals surface area contributed by atoms with Crippen molar-refractivity contribution in [3.63, 3.8) is 0 Å². The van der Waals surface area contributed by atoms with Crippen LogP contribution in [0.3, 0.4) is 0 Å². The van der Waals surface area contributed by atoms with E-state index in [0.29, 0.717) is 37.6 Å². The minimum Gasteiger partial charge on any atom is -0.386 e. The van der Waals surface area contributed by atoms with Crippen molar-refractivity contribution in [2.75, 3.05) is 38.7 Å². The van der Waals surface area contributed by atoms with Crippen molar-refractivity contribution in [1.29, 1.82) is 5.41 Å². The molecular weight excluding hydrogens is 344 g/mol. The first-order valence-corrected chi connectivity index (χ1v) is 8.73. The maximum Gasteiger partial charge on any atom is 0.272 e. The topological polar surface area (TPSA) is 95.6 Å². The van der Waals surface area contributed by atoms with E-state index in [-0.39, 0.29) is 5.91 Å². The summed E-state index contributed by atoms with van der Waals surface area (Å²) in [5, 5.41) is 10.8. The van der Waals surface area contributed by atoms with Crippen molar-refractivity contribution in [2.24, 2.45) is 0 Å². The van der Waals surface area contributed by atoms with Gasteiger partial charge in [-0.15, -0.1) is 0 Å². The average Bonchev–Trinajstić information content (AvgIpc) is 3.16. The van der Waals surface area contributed by atoms with E-state index in [1.807, 2.05) is 18.3 Å². The number of imidazole rings is 1. The third-order valence-electron chi connectivity index (χ3n) is 4.74. The first-order chi connectivity index (χ1) is 13.2. The fraction of sp³-hybridized carbons (Fsp3) is 0.263.